The van der Waals surface area contributed by atoms with Crippen LogP contribution in [0.2, 0.25) is 0 Å². The maximum Gasteiger partial charge on any atom is 0.237 e. The van der Waals surface area contributed by atoms with Crippen LogP contribution in [0.15, 0.2) is 22.7 Å². The van der Waals surface area contributed by atoms with E-state index in [1.54, 1.807) is 12.1 Å². The summed E-state index contributed by atoms with van der Waals surface area (Å²) >= 11 is 3.27. The van der Waals surface area contributed by atoms with Gasteiger partial charge in [-0.1, -0.05) is 22.0 Å². The van der Waals surface area contributed by atoms with E-state index in [0.717, 1.165) is 10.0 Å². The zero-order valence-corrected chi connectivity index (χ0v) is 8.44. The van der Waals surface area contributed by atoms with Crippen LogP contribution in [0.3, 0.4) is 0 Å². The molecule has 0 saturated heterocycles. The molecule has 0 atom stereocenters. The van der Waals surface area contributed by atoms with E-state index in [4.69, 9.17) is 0 Å². The van der Waals surface area contributed by atoms with Gasteiger partial charge >= 0.3 is 0 Å². The average Bonchev–Trinajstić information content (AvgIpc) is 2.21. The van der Waals surface area contributed by atoms with Gasteiger partial charge < -0.3 is 0 Å². The predicted molar refractivity (Wildman–Crippen MR) is 50.4 cm³/mol. The maximum atomic E-state index is 11.1. The van der Waals surface area contributed by atoms with E-state index in [1.807, 2.05) is 6.07 Å². The van der Waals surface area contributed by atoms with Crippen molar-refractivity contribution in [2.45, 2.75) is 5.75 Å². The number of rotatable bonds is 0. The Morgan fingerprint density at radius 1 is 1.42 bits per heavy atom. The lowest BCUT2D eigenvalue weighted by Crippen LogP contribution is -2.05. The third-order valence-electron chi connectivity index (χ3n) is 1.68. The Kier molecular flexibility index (Phi) is 1.66. The van der Waals surface area contributed by atoms with Gasteiger partial charge in [-0.2, -0.15) is 0 Å². The molecule has 1 heterocycles. The Morgan fingerprint density at radius 2 is 2.17 bits per heavy atom. The lowest BCUT2D eigenvalue weighted by atomic mass is 10.2. The van der Waals surface area contributed by atoms with Crippen molar-refractivity contribution >= 4 is 31.6 Å². The topological polar surface area (TPSA) is 46.2 Å². The number of nitrogens with one attached hydrogen (secondary N) is 1. The van der Waals surface area contributed by atoms with Gasteiger partial charge in [-0.05, 0) is 17.7 Å². The van der Waals surface area contributed by atoms with Crippen molar-refractivity contribution in [1.82, 2.24) is 0 Å². The molecule has 0 fully saturated rings. The van der Waals surface area contributed by atoms with Crippen molar-refractivity contribution in [3.8, 4) is 0 Å². The summed E-state index contributed by atoms with van der Waals surface area (Å²) in [6.45, 7) is 0. The molecule has 0 spiro atoms. The molecule has 0 unspecified atom stereocenters. The van der Waals surface area contributed by atoms with E-state index in [9.17, 15) is 8.42 Å². The molecule has 0 saturated carbocycles. The minimum absolute atomic E-state index is 0.0929. The molecule has 1 aromatic carbocycles. The van der Waals surface area contributed by atoms with Gasteiger partial charge in [0, 0.05) is 4.47 Å². The second-order valence-corrected chi connectivity index (χ2v) is 5.30. The fraction of sp³-hybridized carbons (Fsp3) is 0.143. The van der Waals surface area contributed by atoms with E-state index in [-0.39, 0.29) is 5.75 Å². The number of benzene rings is 1. The van der Waals surface area contributed by atoms with Gasteiger partial charge in [-0.15, -0.1) is 0 Å². The number of hydrogen-bond acceptors (Lipinski definition) is 2. The minimum atomic E-state index is -3.09. The first-order valence-electron chi connectivity index (χ1n) is 3.36. The van der Waals surface area contributed by atoms with Crippen LogP contribution in [0.1, 0.15) is 5.56 Å². The first-order chi connectivity index (χ1) is 5.57. The second-order valence-electron chi connectivity index (χ2n) is 2.66. The van der Waals surface area contributed by atoms with Gasteiger partial charge in [0.05, 0.1) is 11.4 Å². The number of sulfonamides is 1. The van der Waals surface area contributed by atoms with Crippen LogP contribution in [-0.2, 0) is 15.8 Å². The third kappa shape index (κ3) is 1.34. The van der Waals surface area contributed by atoms with E-state index < -0.39 is 10.0 Å². The predicted octanol–water partition coefficient (Wildman–Crippen LogP) is 1.70. The quantitative estimate of drug-likeness (QED) is 0.759. The van der Waals surface area contributed by atoms with E-state index >= 15 is 0 Å². The zero-order chi connectivity index (χ0) is 8.77. The number of fused-ring (bicyclic) bond motifs is 1. The SMILES string of the molecule is O=S1(=O)Cc2ccc(Br)cc2N1. The Labute approximate surface area is 79.0 Å². The molecule has 0 radical (unpaired) electrons. The molecule has 1 aliphatic rings. The third-order valence-corrected chi connectivity index (χ3v) is 3.40. The largest absolute Gasteiger partial charge is 0.283 e. The normalized spacial score (nSPS) is 18.4. The second kappa shape index (κ2) is 2.47. The van der Waals surface area contributed by atoms with Crippen LogP contribution < -0.4 is 4.72 Å². The Hall–Kier alpha value is -0.550. The summed E-state index contributed by atoms with van der Waals surface area (Å²) in [4.78, 5) is 0. The summed E-state index contributed by atoms with van der Waals surface area (Å²) in [7, 11) is -3.09. The Bertz CT molecular complexity index is 427. The van der Waals surface area contributed by atoms with Gasteiger partial charge in [0.2, 0.25) is 10.0 Å². The molecule has 1 aliphatic heterocycles. The van der Waals surface area contributed by atoms with Crippen molar-refractivity contribution in [3.05, 3.63) is 28.2 Å². The fourth-order valence-electron chi connectivity index (χ4n) is 1.18. The molecule has 0 amide bonds. The van der Waals surface area contributed by atoms with Gasteiger partial charge in [0.25, 0.3) is 0 Å². The standard InChI is InChI=1S/C7H6BrNO2S/c8-6-2-1-5-4-12(10,11)9-7(5)3-6/h1-3,9H,4H2. The van der Waals surface area contributed by atoms with Crippen molar-refractivity contribution in [3.63, 3.8) is 0 Å². The molecule has 0 aliphatic carbocycles. The van der Waals surface area contributed by atoms with Crippen LogP contribution in [0.25, 0.3) is 0 Å². The van der Waals surface area contributed by atoms with Gasteiger partial charge in [-0.25, -0.2) is 8.42 Å². The highest BCUT2D eigenvalue weighted by molar-refractivity contribution is 9.10. The van der Waals surface area contributed by atoms with Crippen LogP contribution in [-0.4, -0.2) is 8.42 Å². The lowest BCUT2D eigenvalue weighted by Gasteiger charge is -1.96. The molecule has 3 nitrogen and oxygen atoms in total. The first-order valence-corrected chi connectivity index (χ1v) is 5.80. The molecule has 1 N–H and O–H groups in total. The van der Waals surface area contributed by atoms with Gasteiger partial charge in [-0.3, -0.25) is 4.72 Å². The van der Waals surface area contributed by atoms with Crippen molar-refractivity contribution in [1.29, 1.82) is 0 Å². The van der Waals surface area contributed by atoms with E-state index in [0.29, 0.717) is 5.69 Å². The van der Waals surface area contributed by atoms with E-state index in [2.05, 4.69) is 20.7 Å². The summed E-state index contributed by atoms with van der Waals surface area (Å²) in [5.74, 6) is 0.0929. The molecule has 64 valence electrons. The summed E-state index contributed by atoms with van der Waals surface area (Å²) in [5.41, 5.74) is 1.52. The molecule has 1 aromatic rings. The van der Waals surface area contributed by atoms with Gasteiger partial charge in [0.15, 0.2) is 0 Å². The molecule has 0 bridgehead atoms. The molecule has 12 heavy (non-hydrogen) atoms. The molecular weight excluding hydrogens is 242 g/mol. The highest BCUT2D eigenvalue weighted by Gasteiger charge is 2.22. The highest BCUT2D eigenvalue weighted by atomic mass is 79.9. The molecular formula is C7H6BrNO2S. The van der Waals surface area contributed by atoms with E-state index in [1.165, 1.54) is 0 Å². The van der Waals surface area contributed by atoms with Crippen LogP contribution >= 0.6 is 15.9 Å². The lowest BCUT2D eigenvalue weighted by molar-refractivity contribution is 0.602. The molecule has 5 heteroatoms. The van der Waals surface area contributed by atoms with Crippen LogP contribution in [0.5, 0.6) is 0 Å². The van der Waals surface area contributed by atoms with Crippen LogP contribution in [0.4, 0.5) is 5.69 Å². The Morgan fingerprint density at radius 3 is 2.92 bits per heavy atom. The summed E-state index contributed by atoms with van der Waals surface area (Å²) in [5, 5.41) is 0. The average molecular weight is 248 g/mol. The van der Waals surface area contributed by atoms with Gasteiger partial charge in [0.1, 0.15) is 0 Å². The first kappa shape index (κ1) is 8.07. The number of hydrogen-bond donors (Lipinski definition) is 1. The summed E-state index contributed by atoms with van der Waals surface area (Å²) in [6.07, 6.45) is 0. The minimum Gasteiger partial charge on any atom is -0.283 e. The zero-order valence-electron chi connectivity index (χ0n) is 6.04. The summed E-state index contributed by atoms with van der Waals surface area (Å²) in [6, 6.07) is 5.40. The summed E-state index contributed by atoms with van der Waals surface area (Å²) < 4.78 is 25.5. The van der Waals surface area contributed by atoms with Crippen molar-refractivity contribution < 1.29 is 8.42 Å². The molecule has 0 aromatic heterocycles. The molecule has 2 rings (SSSR count). The van der Waals surface area contributed by atoms with Crippen molar-refractivity contribution in [2.75, 3.05) is 4.72 Å². The fourth-order valence-corrected chi connectivity index (χ4v) is 2.80. The number of halogens is 1. The monoisotopic (exact) mass is 247 g/mol. The number of anilines is 1. The van der Waals surface area contributed by atoms with Crippen molar-refractivity contribution in [2.24, 2.45) is 0 Å². The highest BCUT2D eigenvalue weighted by Crippen LogP contribution is 2.29. The maximum absolute atomic E-state index is 11.1. The Balaban J connectivity index is 2.56. The smallest absolute Gasteiger partial charge is 0.237 e. The van der Waals surface area contributed by atoms with Crippen LogP contribution in [0, 0.1) is 0 Å².